The Hall–Kier alpha value is -1.06. The van der Waals surface area contributed by atoms with Crippen LogP contribution >= 0.6 is 0 Å². The van der Waals surface area contributed by atoms with E-state index in [9.17, 15) is 0 Å². The van der Waals surface area contributed by atoms with Crippen LogP contribution in [0.5, 0.6) is 5.75 Å². The van der Waals surface area contributed by atoms with E-state index < -0.39 is 0 Å². The first-order valence-corrected chi connectivity index (χ1v) is 8.42. The van der Waals surface area contributed by atoms with Crippen LogP contribution in [0.3, 0.4) is 0 Å². The van der Waals surface area contributed by atoms with Gasteiger partial charge in [-0.05, 0) is 51.9 Å². The van der Waals surface area contributed by atoms with Gasteiger partial charge in [-0.25, -0.2) is 0 Å². The molecule has 2 saturated heterocycles. The Morgan fingerprint density at radius 1 is 1.24 bits per heavy atom. The molecule has 2 unspecified atom stereocenters. The summed E-state index contributed by atoms with van der Waals surface area (Å²) in [5.41, 5.74) is 4.13. The molecule has 3 aliphatic rings. The lowest BCUT2D eigenvalue weighted by Crippen LogP contribution is -2.46. The minimum atomic E-state index is 0.0281. The number of aryl methyl sites for hydroxylation is 2. The molecule has 114 valence electrons. The zero-order chi connectivity index (χ0) is 14.4. The molecule has 0 saturated carbocycles. The SMILES string of the molecule is Cc1cc(C)c2c(c1)C(N1CCCC1)CC1(CCNC1)O2. The number of hydrogen-bond donors (Lipinski definition) is 1. The number of benzene rings is 1. The molecule has 0 bridgehead atoms. The summed E-state index contributed by atoms with van der Waals surface area (Å²) in [5.74, 6) is 1.17. The van der Waals surface area contributed by atoms with Gasteiger partial charge in [-0.3, -0.25) is 4.90 Å². The second-order valence-electron chi connectivity index (χ2n) is 7.18. The van der Waals surface area contributed by atoms with Crippen molar-refractivity contribution in [3.63, 3.8) is 0 Å². The first kappa shape index (κ1) is 13.6. The van der Waals surface area contributed by atoms with Crippen molar-refractivity contribution in [1.29, 1.82) is 0 Å². The summed E-state index contributed by atoms with van der Waals surface area (Å²) in [4.78, 5) is 2.69. The quantitative estimate of drug-likeness (QED) is 0.859. The monoisotopic (exact) mass is 286 g/mol. The van der Waals surface area contributed by atoms with Gasteiger partial charge in [-0.1, -0.05) is 17.7 Å². The Kier molecular flexibility index (Phi) is 3.23. The van der Waals surface area contributed by atoms with E-state index in [1.54, 1.807) is 0 Å². The molecular weight excluding hydrogens is 260 g/mol. The molecule has 0 radical (unpaired) electrons. The van der Waals surface area contributed by atoms with Crippen molar-refractivity contribution in [3.05, 3.63) is 28.8 Å². The van der Waals surface area contributed by atoms with E-state index in [4.69, 9.17) is 4.74 Å². The van der Waals surface area contributed by atoms with Crippen LogP contribution in [0.15, 0.2) is 12.1 Å². The average molecular weight is 286 g/mol. The number of nitrogens with one attached hydrogen (secondary N) is 1. The van der Waals surface area contributed by atoms with Crippen LogP contribution in [0.25, 0.3) is 0 Å². The summed E-state index contributed by atoms with van der Waals surface area (Å²) >= 11 is 0. The number of ether oxygens (including phenoxy) is 1. The number of likely N-dealkylation sites (tertiary alicyclic amines) is 1. The van der Waals surface area contributed by atoms with Gasteiger partial charge in [-0.15, -0.1) is 0 Å². The van der Waals surface area contributed by atoms with Gasteiger partial charge in [0.15, 0.2) is 0 Å². The van der Waals surface area contributed by atoms with Crippen LogP contribution < -0.4 is 10.1 Å². The van der Waals surface area contributed by atoms with Crippen LogP contribution in [0.1, 0.15) is 48.4 Å². The molecule has 2 fully saturated rings. The average Bonchev–Trinajstić information content (AvgIpc) is 3.11. The summed E-state index contributed by atoms with van der Waals surface area (Å²) in [6.45, 7) is 9.00. The van der Waals surface area contributed by atoms with Crippen molar-refractivity contribution >= 4 is 0 Å². The lowest BCUT2D eigenvalue weighted by Gasteiger charge is -2.43. The number of nitrogens with zero attached hydrogens (tertiary/aromatic N) is 1. The van der Waals surface area contributed by atoms with Crippen molar-refractivity contribution < 1.29 is 4.74 Å². The molecule has 4 rings (SSSR count). The fourth-order valence-corrected chi connectivity index (χ4v) is 4.46. The standard InChI is InChI=1S/C18H26N2O/c1-13-9-14(2)17-15(10-13)16(20-7-3-4-8-20)11-18(21-17)5-6-19-12-18/h9-10,16,19H,3-8,11-12H2,1-2H3. The van der Waals surface area contributed by atoms with Crippen molar-refractivity contribution in [3.8, 4) is 5.75 Å². The molecule has 1 aromatic carbocycles. The molecule has 1 aromatic rings. The second-order valence-corrected chi connectivity index (χ2v) is 7.18. The first-order valence-electron chi connectivity index (χ1n) is 8.42. The maximum absolute atomic E-state index is 6.57. The molecule has 0 aliphatic carbocycles. The lowest BCUT2D eigenvalue weighted by atomic mass is 9.84. The van der Waals surface area contributed by atoms with Crippen molar-refractivity contribution in [2.75, 3.05) is 26.2 Å². The molecule has 1 N–H and O–H groups in total. The Morgan fingerprint density at radius 3 is 2.76 bits per heavy atom. The Balaban J connectivity index is 1.78. The van der Waals surface area contributed by atoms with Crippen molar-refractivity contribution in [1.82, 2.24) is 10.2 Å². The topological polar surface area (TPSA) is 24.5 Å². The van der Waals surface area contributed by atoms with Gasteiger partial charge in [0.25, 0.3) is 0 Å². The van der Waals surface area contributed by atoms with Crippen LogP contribution in [0.4, 0.5) is 0 Å². The molecule has 2 atom stereocenters. The van der Waals surface area contributed by atoms with E-state index >= 15 is 0 Å². The van der Waals surface area contributed by atoms with E-state index in [0.29, 0.717) is 6.04 Å². The van der Waals surface area contributed by atoms with Crippen LogP contribution in [-0.4, -0.2) is 36.7 Å². The van der Waals surface area contributed by atoms with E-state index in [1.807, 2.05) is 0 Å². The smallest absolute Gasteiger partial charge is 0.127 e. The minimum absolute atomic E-state index is 0.0281. The molecule has 3 aliphatic heterocycles. The summed E-state index contributed by atoms with van der Waals surface area (Å²) in [6, 6.07) is 5.18. The predicted octanol–water partition coefficient (Wildman–Crippen LogP) is 2.95. The normalized spacial score (nSPS) is 32.4. The van der Waals surface area contributed by atoms with Gasteiger partial charge in [0.2, 0.25) is 0 Å². The molecule has 0 aromatic heterocycles. The minimum Gasteiger partial charge on any atom is -0.485 e. The fraction of sp³-hybridized carbons (Fsp3) is 0.667. The van der Waals surface area contributed by atoms with Crippen LogP contribution in [-0.2, 0) is 0 Å². The zero-order valence-corrected chi connectivity index (χ0v) is 13.2. The highest BCUT2D eigenvalue weighted by molar-refractivity contribution is 5.48. The van der Waals surface area contributed by atoms with Crippen molar-refractivity contribution in [2.45, 2.75) is 51.2 Å². The highest BCUT2D eigenvalue weighted by atomic mass is 16.5. The van der Waals surface area contributed by atoms with Gasteiger partial charge in [0.05, 0.1) is 0 Å². The number of hydrogen-bond acceptors (Lipinski definition) is 3. The van der Waals surface area contributed by atoms with Crippen molar-refractivity contribution in [2.24, 2.45) is 0 Å². The van der Waals surface area contributed by atoms with Crippen LogP contribution in [0.2, 0.25) is 0 Å². The van der Waals surface area contributed by atoms with Gasteiger partial charge in [0.1, 0.15) is 11.4 Å². The largest absolute Gasteiger partial charge is 0.485 e. The van der Waals surface area contributed by atoms with Crippen LogP contribution in [0, 0.1) is 13.8 Å². The van der Waals surface area contributed by atoms with E-state index in [-0.39, 0.29) is 5.60 Å². The fourth-order valence-electron chi connectivity index (χ4n) is 4.46. The maximum Gasteiger partial charge on any atom is 0.127 e. The third kappa shape index (κ3) is 2.27. The van der Waals surface area contributed by atoms with E-state index in [0.717, 1.165) is 25.9 Å². The summed E-state index contributed by atoms with van der Waals surface area (Å²) in [5, 5.41) is 3.51. The summed E-state index contributed by atoms with van der Waals surface area (Å²) in [6.07, 6.45) is 4.99. The Morgan fingerprint density at radius 2 is 2.05 bits per heavy atom. The predicted molar refractivity (Wildman–Crippen MR) is 84.9 cm³/mol. The van der Waals surface area contributed by atoms with E-state index in [2.05, 4.69) is 36.2 Å². The van der Waals surface area contributed by atoms with Gasteiger partial charge in [-0.2, -0.15) is 0 Å². The molecule has 3 heteroatoms. The highest BCUT2D eigenvalue weighted by Crippen LogP contribution is 2.47. The number of rotatable bonds is 1. The Labute approximate surface area is 127 Å². The summed E-state index contributed by atoms with van der Waals surface area (Å²) < 4.78 is 6.57. The van der Waals surface area contributed by atoms with E-state index in [1.165, 1.54) is 48.4 Å². The first-order chi connectivity index (χ1) is 10.2. The number of fused-ring (bicyclic) bond motifs is 1. The zero-order valence-electron chi connectivity index (χ0n) is 13.2. The molecule has 1 spiro atoms. The molecule has 3 heterocycles. The third-order valence-corrected chi connectivity index (χ3v) is 5.48. The lowest BCUT2D eigenvalue weighted by molar-refractivity contribution is 0.0221. The Bertz CT molecular complexity index is 542. The molecule has 3 nitrogen and oxygen atoms in total. The van der Waals surface area contributed by atoms with Gasteiger partial charge < -0.3 is 10.1 Å². The third-order valence-electron chi connectivity index (χ3n) is 5.48. The van der Waals surface area contributed by atoms with Gasteiger partial charge in [0, 0.05) is 31.0 Å². The summed E-state index contributed by atoms with van der Waals surface area (Å²) in [7, 11) is 0. The van der Waals surface area contributed by atoms with Gasteiger partial charge >= 0.3 is 0 Å². The maximum atomic E-state index is 6.57. The second kappa shape index (κ2) is 4.99. The molecular formula is C18H26N2O. The molecule has 0 amide bonds. The molecule has 21 heavy (non-hydrogen) atoms. The highest BCUT2D eigenvalue weighted by Gasteiger charge is 2.45.